The molecule has 0 radical (unpaired) electrons. The van der Waals surface area contributed by atoms with Crippen LogP contribution in [0.25, 0.3) is 0 Å². The summed E-state index contributed by atoms with van der Waals surface area (Å²) in [5.41, 5.74) is 0. The lowest BCUT2D eigenvalue weighted by atomic mass is 10.0. The van der Waals surface area contributed by atoms with Gasteiger partial charge in [-0.05, 0) is 12.3 Å². The van der Waals surface area contributed by atoms with Gasteiger partial charge in [0.15, 0.2) is 0 Å². The Hall–Kier alpha value is -0.130. The highest BCUT2D eigenvalue weighted by Crippen LogP contribution is 2.06. The number of nitrogens with one attached hydrogen (secondary N) is 1. The predicted octanol–water partition coefficient (Wildman–Crippen LogP) is 0.723. The van der Waals surface area contributed by atoms with Crippen LogP contribution in [0.4, 0.5) is 0 Å². The summed E-state index contributed by atoms with van der Waals surface area (Å²) in [7, 11) is -3.18. The van der Waals surface area contributed by atoms with Crippen molar-refractivity contribution in [3.8, 4) is 0 Å². The molecule has 0 aromatic rings. The minimum atomic E-state index is -3.18. The summed E-state index contributed by atoms with van der Waals surface area (Å²) in [5.74, 6) is 0.250. The highest BCUT2D eigenvalue weighted by Gasteiger charge is 2.15. The Balaban J connectivity index is 3.93. The SMILES string of the molecule is CCCS(=O)(=O)NC[C@@H](O)[C@H](C)CC. The zero-order valence-electron chi connectivity index (χ0n) is 9.16. The maximum Gasteiger partial charge on any atom is 0.211 e. The largest absolute Gasteiger partial charge is 0.391 e. The van der Waals surface area contributed by atoms with E-state index in [-0.39, 0.29) is 18.2 Å². The van der Waals surface area contributed by atoms with Crippen LogP contribution in [0, 0.1) is 5.92 Å². The summed E-state index contributed by atoms with van der Waals surface area (Å²) in [6.45, 7) is 5.80. The number of aliphatic hydroxyl groups is 1. The average molecular weight is 223 g/mol. The third-order valence-corrected chi connectivity index (χ3v) is 3.84. The molecule has 2 atom stereocenters. The molecule has 0 rings (SSSR count). The summed E-state index contributed by atoms with van der Waals surface area (Å²) < 4.78 is 24.8. The van der Waals surface area contributed by atoms with Crippen LogP contribution in [0.1, 0.15) is 33.6 Å². The van der Waals surface area contributed by atoms with Crippen LogP contribution in [0.5, 0.6) is 0 Å². The van der Waals surface area contributed by atoms with Gasteiger partial charge < -0.3 is 5.11 Å². The maximum atomic E-state index is 11.2. The van der Waals surface area contributed by atoms with Crippen molar-refractivity contribution in [3.05, 3.63) is 0 Å². The Bertz CT molecular complexity index is 238. The molecule has 0 aromatic heterocycles. The maximum absolute atomic E-state index is 11.2. The highest BCUT2D eigenvalue weighted by atomic mass is 32.2. The Morgan fingerprint density at radius 1 is 1.36 bits per heavy atom. The molecule has 0 aliphatic rings. The van der Waals surface area contributed by atoms with Gasteiger partial charge in [0.2, 0.25) is 10.0 Å². The third-order valence-electron chi connectivity index (χ3n) is 2.29. The van der Waals surface area contributed by atoms with E-state index in [1.807, 2.05) is 20.8 Å². The van der Waals surface area contributed by atoms with Crippen LogP contribution in [-0.4, -0.2) is 31.9 Å². The standard InChI is InChI=1S/C9H21NO3S/c1-4-6-14(12,13)10-7-9(11)8(3)5-2/h8-11H,4-7H2,1-3H3/t8-,9-/m1/s1. The van der Waals surface area contributed by atoms with Crippen LogP contribution < -0.4 is 4.72 Å². The monoisotopic (exact) mass is 223 g/mol. The van der Waals surface area contributed by atoms with Gasteiger partial charge in [0, 0.05) is 6.54 Å². The molecular formula is C9H21NO3S. The van der Waals surface area contributed by atoms with Gasteiger partial charge in [0.05, 0.1) is 11.9 Å². The predicted molar refractivity (Wildman–Crippen MR) is 57.5 cm³/mol. The van der Waals surface area contributed by atoms with E-state index in [4.69, 9.17) is 0 Å². The van der Waals surface area contributed by atoms with Gasteiger partial charge >= 0.3 is 0 Å². The van der Waals surface area contributed by atoms with Crippen LogP contribution in [-0.2, 0) is 10.0 Å². The quantitative estimate of drug-likeness (QED) is 0.668. The van der Waals surface area contributed by atoms with Crippen LogP contribution in [0.15, 0.2) is 0 Å². The molecule has 0 saturated carbocycles. The lowest BCUT2D eigenvalue weighted by Gasteiger charge is -2.17. The van der Waals surface area contributed by atoms with Crippen molar-refractivity contribution in [2.24, 2.45) is 5.92 Å². The van der Waals surface area contributed by atoms with Crippen molar-refractivity contribution in [2.45, 2.75) is 39.7 Å². The van der Waals surface area contributed by atoms with E-state index in [1.165, 1.54) is 0 Å². The summed E-state index contributed by atoms with van der Waals surface area (Å²) in [5, 5.41) is 9.52. The van der Waals surface area contributed by atoms with Crippen LogP contribution >= 0.6 is 0 Å². The second kappa shape index (κ2) is 6.37. The molecular weight excluding hydrogens is 202 g/mol. The molecule has 0 bridgehead atoms. The van der Waals surface area contributed by atoms with Gasteiger partial charge in [-0.2, -0.15) is 0 Å². The van der Waals surface area contributed by atoms with E-state index >= 15 is 0 Å². The first-order valence-electron chi connectivity index (χ1n) is 5.08. The van der Waals surface area contributed by atoms with Crippen molar-refractivity contribution in [2.75, 3.05) is 12.3 Å². The van der Waals surface area contributed by atoms with Gasteiger partial charge in [0.25, 0.3) is 0 Å². The molecule has 86 valence electrons. The molecule has 0 unspecified atom stereocenters. The third kappa shape index (κ3) is 5.57. The minimum Gasteiger partial charge on any atom is -0.391 e. The molecule has 0 spiro atoms. The fourth-order valence-corrected chi connectivity index (χ4v) is 2.13. The lowest BCUT2D eigenvalue weighted by molar-refractivity contribution is 0.118. The van der Waals surface area contributed by atoms with Crippen molar-refractivity contribution in [1.29, 1.82) is 0 Å². The van der Waals surface area contributed by atoms with Gasteiger partial charge in [-0.3, -0.25) is 0 Å². The second-order valence-corrected chi connectivity index (χ2v) is 5.55. The fourth-order valence-electron chi connectivity index (χ4n) is 1.03. The van der Waals surface area contributed by atoms with E-state index in [2.05, 4.69) is 4.72 Å². The Morgan fingerprint density at radius 3 is 2.36 bits per heavy atom. The van der Waals surface area contributed by atoms with Crippen LogP contribution in [0.3, 0.4) is 0 Å². The lowest BCUT2D eigenvalue weighted by Crippen LogP contribution is -2.36. The van der Waals surface area contributed by atoms with E-state index in [9.17, 15) is 13.5 Å². The first-order chi connectivity index (χ1) is 6.43. The van der Waals surface area contributed by atoms with E-state index in [0.29, 0.717) is 6.42 Å². The molecule has 2 N–H and O–H groups in total. The van der Waals surface area contributed by atoms with Gasteiger partial charge in [-0.25, -0.2) is 13.1 Å². The second-order valence-electron chi connectivity index (χ2n) is 3.62. The molecule has 5 heteroatoms. The van der Waals surface area contributed by atoms with E-state index < -0.39 is 16.1 Å². The Kier molecular flexibility index (Phi) is 6.31. The molecule has 0 saturated heterocycles. The summed E-state index contributed by atoms with van der Waals surface area (Å²) in [4.78, 5) is 0. The molecule has 0 aromatic carbocycles. The zero-order chi connectivity index (χ0) is 11.2. The van der Waals surface area contributed by atoms with Crippen molar-refractivity contribution in [3.63, 3.8) is 0 Å². The number of hydrogen-bond acceptors (Lipinski definition) is 3. The van der Waals surface area contributed by atoms with Gasteiger partial charge in [-0.1, -0.05) is 27.2 Å². The summed E-state index contributed by atoms with van der Waals surface area (Å²) in [6.07, 6.45) is 0.845. The van der Waals surface area contributed by atoms with E-state index in [0.717, 1.165) is 6.42 Å². The Morgan fingerprint density at radius 2 is 1.93 bits per heavy atom. The molecule has 4 nitrogen and oxygen atoms in total. The molecule has 0 aliphatic carbocycles. The minimum absolute atomic E-state index is 0.122. The number of aliphatic hydroxyl groups excluding tert-OH is 1. The highest BCUT2D eigenvalue weighted by molar-refractivity contribution is 7.89. The number of hydrogen-bond donors (Lipinski definition) is 2. The Labute approximate surface area is 86.8 Å². The topological polar surface area (TPSA) is 66.4 Å². The van der Waals surface area contributed by atoms with Crippen molar-refractivity contribution < 1.29 is 13.5 Å². The summed E-state index contributed by atoms with van der Waals surface area (Å²) in [6, 6.07) is 0. The number of sulfonamides is 1. The van der Waals surface area contributed by atoms with Crippen molar-refractivity contribution >= 4 is 10.0 Å². The first kappa shape index (κ1) is 13.9. The molecule has 0 amide bonds. The summed E-state index contributed by atoms with van der Waals surface area (Å²) >= 11 is 0. The van der Waals surface area contributed by atoms with Gasteiger partial charge in [-0.15, -0.1) is 0 Å². The normalized spacial score (nSPS) is 16.6. The fraction of sp³-hybridized carbons (Fsp3) is 1.00. The van der Waals surface area contributed by atoms with Gasteiger partial charge in [0.1, 0.15) is 0 Å². The zero-order valence-corrected chi connectivity index (χ0v) is 9.97. The van der Waals surface area contributed by atoms with E-state index in [1.54, 1.807) is 0 Å². The molecule has 0 fully saturated rings. The average Bonchev–Trinajstić information content (AvgIpc) is 2.13. The number of rotatable bonds is 7. The molecule has 14 heavy (non-hydrogen) atoms. The smallest absolute Gasteiger partial charge is 0.211 e. The molecule has 0 heterocycles. The van der Waals surface area contributed by atoms with Crippen LogP contribution in [0.2, 0.25) is 0 Å². The first-order valence-corrected chi connectivity index (χ1v) is 6.73. The molecule has 0 aliphatic heterocycles. The van der Waals surface area contributed by atoms with Crippen molar-refractivity contribution in [1.82, 2.24) is 4.72 Å².